The van der Waals surface area contributed by atoms with E-state index in [1.54, 1.807) is 20.8 Å². The molecule has 0 radical (unpaired) electrons. The van der Waals surface area contributed by atoms with Crippen molar-refractivity contribution < 1.29 is 28.5 Å². The van der Waals surface area contributed by atoms with Gasteiger partial charge in [-0.2, -0.15) is 0 Å². The Morgan fingerprint density at radius 2 is 1.50 bits per heavy atom. The summed E-state index contributed by atoms with van der Waals surface area (Å²) in [6.07, 6.45) is 7.58. The van der Waals surface area contributed by atoms with Gasteiger partial charge < -0.3 is 18.9 Å². The number of hydrogen-bond acceptors (Lipinski definition) is 6. The molecule has 0 aliphatic heterocycles. The third-order valence-electron chi connectivity index (χ3n) is 4.88. The molecule has 0 aromatic carbocycles. The van der Waals surface area contributed by atoms with Gasteiger partial charge in [0.05, 0.1) is 6.61 Å². The van der Waals surface area contributed by atoms with Gasteiger partial charge >= 0.3 is 12.3 Å². The Morgan fingerprint density at radius 3 is 2.04 bits per heavy atom. The molecule has 0 N–H and O–H groups in total. The van der Waals surface area contributed by atoms with Gasteiger partial charge in [0, 0.05) is 0 Å². The average molecular weight is 401 g/mol. The Morgan fingerprint density at radius 1 is 0.893 bits per heavy atom. The van der Waals surface area contributed by atoms with Crippen LogP contribution in [0.2, 0.25) is 0 Å². The van der Waals surface area contributed by atoms with Crippen LogP contribution in [0.5, 0.6) is 0 Å². The van der Waals surface area contributed by atoms with E-state index in [2.05, 4.69) is 13.8 Å². The molecule has 6 heteroatoms. The highest BCUT2D eigenvalue weighted by Crippen LogP contribution is 2.26. The minimum absolute atomic E-state index is 0.379. The molecule has 0 amide bonds. The normalized spacial score (nSPS) is 20.9. The monoisotopic (exact) mass is 400 g/mol. The van der Waals surface area contributed by atoms with Crippen molar-refractivity contribution in [3.63, 3.8) is 0 Å². The summed E-state index contributed by atoms with van der Waals surface area (Å²) < 4.78 is 21.5. The van der Waals surface area contributed by atoms with E-state index in [0.29, 0.717) is 25.4 Å². The molecule has 0 aromatic rings. The number of ether oxygens (including phenoxy) is 4. The molecule has 6 nitrogen and oxygen atoms in total. The molecule has 1 rings (SSSR count). The third-order valence-corrected chi connectivity index (χ3v) is 4.88. The molecule has 0 saturated heterocycles. The minimum Gasteiger partial charge on any atom is -0.434 e. The Hall–Kier alpha value is -1.46. The second-order valence-electron chi connectivity index (χ2n) is 8.77. The van der Waals surface area contributed by atoms with Crippen LogP contribution >= 0.6 is 0 Å². The summed E-state index contributed by atoms with van der Waals surface area (Å²) in [7, 11) is 0. The van der Waals surface area contributed by atoms with E-state index in [0.717, 1.165) is 38.5 Å². The van der Waals surface area contributed by atoms with Crippen LogP contribution in [0.3, 0.4) is 0 Å². The zero-order valence-corrected chi connectivity index (χ0v) is 18.5. The van der Waals surface area contributed by atoms with E-state index >= 15 is 0 Å². The fourth-order valence-electron chi connectivity index (χ4n) is 3.48. The first-order valence-electron chi connectivity index (χ1n) is 11.0. The summed E-state index contributed by atoms with van der Waals surface area (Å²) in [4.78, 5) is 24.1. The first-order valence-corrected chi connectivity index (χ1v) is 11.0. The van der Waals surface area contributed by atoms with Crippen molar-refractivity contribution in [2.45, 2.75) is 117 Å². The summed E-state index contributed by atoms with van der Waals surface area (Å²) in [5.74, 6) is 0.379. The molecular weight excluding hydrogens is 360 g/mol. The lowest BCUT2D eigenvalue weighted by molar-refractivity contribution is -0.0865. The number of rotatable bonds is 10. The maximum atomic E-state index is 12.2. The fourth-order valence-corrected chi connectivity index (χ4v) is 3.48. The van der Waals surface area contributed by atoms with Crippen LogP contribution in [0.4, 0.5) is 9.59 Å². The predicted molar refractivity (Wildman–Crippen MR) is 108 cm³/mol. The smallest absolute Gasteiger partial charge is 0.434 e. The standard InChI is InChI=1S/C22H40O6/c1-6-8-9-13-17(12-7-2)16-25-20(23)26-18-14-10-11-15-19(18)27-21(24)28-22(3,4)5/h17-19H,6-16H2,1-5H3. The van der Waals surface area contributed by atoms with Crippen molar-refractivity contribution in [3.05, 3.63) is 0 Å². The first kappa shape index (κ1) is 24.6. The largest absolute Gasteiger partial charge is 0.509 e. The molecule has 0 aromatic heterocycles. The van der Waals surface area contributed by atoms with Gasteiger partial charge in [-0.05, 0) is 65.2 Å². The van der Waals surface area contributed by atoms with Crippen LogP contribution in [0.15, 0.2) is 0 Å². The fraction of sp³-hybridized carbons (Fsp3) is 0.909. The lowest BCUT2D eigenvalue weighted by Crippen LogP contribution is -2.39. The number of hydrogen-bond donors (Lipinski definition) is 0. The van der Waals surface area contributed by atoms with Gasteiger partial charge in [0.2, 0.25) is 0 Å². The minimum atomic E-state index is -0.722. The molecule has 1 fully saturated rings. The van der Waals surface area contributed by atoms with E-state index in [1.807, 2.05) is 0 Å². The van der Waals surface area contributed by atoms with Crippen LogP contribution in [-0.2, 0) is 18.9 Å². The highest BCUT2D eigenvalue weighted by Gasteiger charge is 2.33. The number of carbonyl (C=O) groups is 2. The SMILES string of the molecule is CCCCCC(CCC)COC(=O)OC1CCCCC1OC(=O)OC(C)(C)C. The first-order chi connectivity index (χ1) is 13.2. The highest BCUT2D eigenvalue weighted by atomic mass is 16.8. The van der Waals surface area contributed by atoms with Gasteiger partial charge in [-0.1, -0.05) is 39.5 Å². The van der Waals surface area contributed by atoms with Crippen LogP contribution < -0.4 is 0 Å². The molecule has 3 atom stereocenters. The van der Waals surface area contributed by atoms with Gasteiger partial charge in [0.25, 0.3) is 0 Å². The summed E-state index contributed by atoms with van der Waals surface area (Å²) in [6, 6.07) is 0. The molecule has 28 heavy (non-hydrogen) atoms. The molecule has 0 spiro atoms. The van der Waals surface area contributed by atoms with Crippen molar-refractivity contribution in [1.82, 2.24) is 0 Å². The van der Waals surface area contributed by atoms with Crippen molar-refractivity contribution >= 4 is 12.3 Å². The van der Waals surface area contributed by atoms with Crippen LogP contribution in [0.1, 0.15) is 98.8 Å². The van der Waals surface area contributed by atoms with E-state index in [4.69, 9.17) is 18.9 Å². The topological polar surface area (TPSA) is 71.1 Å². The summed E-state index contributed by atoms with van der Waals surface area (Å²) >= 11 is 0. The molecule has 1 aliphatic carbocycles. The molecule has 1 saturated carbocycles. The molecular formula is C22H40O6. The molecule has 164 valence electrons. The number of unbranched alkanes of at least 4 members (excludes halogenated alkanes) is 2. The van der Waals surface area contributed by atoms with Crippen LogP contribution in [-0.4, -0.2) is 36.7 Å². The lowest BCUT2D eigenvalue weighted by atomic mass is 9.94. The second-order valence-corrected chi connectivity index (χ2v) is 8.77. The molecule has 0 heterocycles. The van der Waals surface area contributed by atoms with Crippen molar-refractivity contribution in [2.24, 2.45) is 5.92 Å². The third kappa shape index (κ3) is 10.8. The van der Waals surface area contributed by atoms with Crippen LogP contribution in [0, 0.1) is 5.92 Å². The summed E-state index contributed by atoms with van der Waals surface area (Å²) in [6.45, 7) is 10.1. The van der Waals surface area contributed by atoms with Gasteiger partial charge in [-0.15, -0.1) is 0 Å². The predicted octanol–water partition coefficient (Wildman–Crippen LogP) is 6.40. The Balaban J connectivity index is 2.46. The maximum Gasteiger partial charge on any atom is 0.509 e. The summed E-state index contributed by atoms with van der Waals surface area (Å²) in [5, 5.41) is 0. The molecule has 1 aliphatic rings. The van der Waals surface area contributed by atoms with E-state index < -0.39 is 30.1 Å². The van der Waals surface area contributed by atoms with Gasteiger partial charge in [-0.3, -0.25) is 0 Å². The van der Waals surface area contributed by atoms with Crippen molar-refractivity contribution in [1.29, 1.82) is 0 Å². The molecule has 0 bridgehead atoms. The second kappa shape index (κ2) is 12.9. The highest BCUT2D eigenvalue weighted by molar-refractivity contribution is 5.61. The van der Waals surface area contributed by atoms with Gasteiger partial charge in [0.15, 0.2) is 0 Å². The zero-order valence-electron chi connectivity index (χ0n) is 18.5. The Kier molecular flexibility index (Phi) is 11.3. The quantitative estimate of drug-likeness (QED) is 0.312. The Bertz CT molecular complexity index is 456. The average Bonchev–Trinajstić information content (AvgIpc) is 2.60. The van der Waals surface area contributed by atoms with E-state index in [1.165, 1.54) is 12.8 Å². The van der Waals surface area contributed by atoms with Crippen molar-refractivity contribution in [3.8, 4) is 0 Å². The van der Waals surface area contributed by atoms with Crippen molar-refractivity contribution in [2.75, 3.05) is 6.61 Å². The van der Waals surface area contributed by atoms with Crippen LogP contribution in [0.25, 0.3) is 0 Å². The van der Waals surface area contributed by atoms with Gasteiger partial charge in [-0.25, -0.2) is 9.59 Å². The Labute approximate surface area is 170 Å². The lowest BCUT2D eigenvalue weighted by Gasteiger charge is -2.31. The van der Waals surface area contributed by atoms with E-state index in [9.17, 15) is 9.59 Å². The molecule has 3 unspecified atom stereocenters. The zero-order chi connectivity index (χ0) is 21.0. The number of carbonyl (C=O) groups excluding carboxylic acids is 2. The maximum absolute atomic E-state index is 12.2. The van der Waals surface area contributed by atoms with Gasteiger partial charge in [0.1, 0.15) is 17.8 Å². The summed E-state index contributed by atoms with van der Waals surface area (Å²) in [5.41, 5.74) is -0.618. The van der Waals surface area contributed by atoms with E-state index in [-0.39, 0.29) is 0 Å².